The quantitative estimate of drug-likeness (QED) is 0.880. The first-order valence-electron chi connectivity index (χ1n) is 5.80. The predicted molar refractivity (Wildman–Crippen MR) is 74.0 cm³/mol. The average Bonchev–Trinajstić information content (AvgIpc) is 2.83. The van der Waals surface area contributed by atoms with Crippen molar-refractivity contribution in [2.24, 2.45) is 14.6 Å². The lowest BCUT2D eigenvalue weighted by Crippen LogP contribution is -2.41. The van der Waals surface area contributed by atoms with Crippen LogP contribution in [0, 0.1) is 5.92 Å². The Labute approximate surface area is 115 Å². The van der Waals surface area contributed by atoms with Crippen LogP contribution in [-0.4, -0.2) is 26.2 Å². The summed E-state index contributed by atoms with van der Waals surface area (Å²) < 4.78 is 35.2. The molecule has 0 fully saturated rings. The number of aliphatic hydroxyl groups is 1. The van der Waals surface area contributed by atoms with Gasteiger partial charge in [0.1, 0.15) is 16.3 Å². The van der Waals surface area contributed by atoms with Crippen molar-refractivity contribution in [1.82, 2.24) is 4.72 Å². The van der Waals surface area contributed by atoms with E-state index in [4.69, 9.17) is 0 Å². The molecule has 19 heavy (non-hydrogen) atoms. The molecule has 0 saturated carbocycles. The molecule has 0 bridgehead atoms. The van der Waals surface area contributed by atoms with Gasteiger partial charge in [-0.1, -0.05) is 19.9 Å². The van der Waals surface area contributed by atoms with Crippen LogP contribution in [-0.2, 0) is 21.4 Å². The molecule has 104 valence electrons. The van der Waals surface area contributed by atoms with E-state index < -0.39 is 16.1 Å². The fraction of sp³-hybridized carbons (Fsp3) is 0.455. The van der Waals surface area contributed by atoms with Crippen molar-refractivity contribution in [2.75, 3.05) is 6.61 Å². The summed E-state index contributed by atoms with van der Waals surface area (Å²) in [5.74, 6) is -0.00691. The fourth-order valence-electron chi connectivity index (χ4n) is 1.65. The molecule has 0 saturated heterocycles. The van der Waals surface area contributed by atoms with Gasteiger partial charge in [0, 0.05) is 6.04 Å². The van der Waals surface area contributed by atoms with Crippen LogP contribution in [0.25, 0.3) is 0 Å². The van der Waals surface area contributed by atoms with Gasteiger partial charge in [-0.15, -0.1) is 0 Å². The van der Waals surface area contributed by atoms with Crippen LogP contribution in [0.5, 0.6) is 0 Å². The van der Waals surface area contributed by atoms with E-state index in [2.05, 4.69) is 13.4 Å². The maximum atomic E-state index is 12.3. The van der Waals surface area contributed by atoms with E-state index in [-0.39, 0.29) is 17.4 Å². The number of sulfonamides is 1. The molecule has 1 atom stereocenters. The van der Waals surface area contributed by atoms with Crippen LogP contribution in [0.15, 0.2) is 31.8 Å². The van der Waals surface area contributed by atoms with Crippen LogP contribution in [0.4, 0.5) is 11.4 Å². The van der Waals surface area contributed by atoms with Gasteiger partial charge in [0.25, 0.3) is 0 Å². The highest BCUT2D eigenvalue weighted by atomic mass is 32.2. The molecule has 6 nitrogen and oxygen atoms in total. The topological polar surface area (TPSA) is 91.1 Å². The minimum atomic E-state index is -3.72. The SMILES string of the molecule is CC(C)C(CO)NS(=O)(=O)c1cccc2c1N=S=N2. The number of hydrogen-bond donors (Lipinski definition) is 2. The lowest BCUT2D eigenvalue weighted by atomic mass is 10.1. The summed E-state index contributed by atoms with van der Waals surface area (Å²) in [7, 11) is -3.72. The van der Waals surface area contributed by atoms with Crippen LogP contribution < -0.4 is 4.72 Å². The van der Waals surface area contributed by atoms with Crippen LogP contribution in [0.2, 0.25) is 0 Å². The molecule has 1 aliphatic heterocycles. The Bertz CT molecular complexity index is 649. The molecular weight excluding hydrogens is 286 g/mol. The van der Waals surface area contributed by atoms with Crippen LogP contribution in [0.3, 0.4) is 0 Å². The predicted octanol–water partition coefficient (Wildman–Crippen LogP) is 1.71. The maximum absolute atomic E-state index is 12.3. The monoisotopic (exact) mass is 301 g/mol. The number of rotatable bonds is 5. The third kappa shape index (κ3) is 2.92. The molecule has 1 aliphatic rings. The van der Waals surface area contributed by atoms with Crippen molar-refractivity contribution in [1.29, 1.82) is 0 Å². The Morgan fingerprint density at radius 1 is 1.37 bits per heavy atom. The van der Waals surface area contributed by atoms with Gasteiger partial charge in [-0.05, 0) is 18.1 Å². The smallest absolute Gasteiger partial charge is 0.243 e. The second-order valence-electron chi connectivity index (χ2n) is 4.54. The molecule has 1 aromatic carbocycles. The first-order valence-corrected chi connectivity index (χ1v) is 8.01. The largest absolute Gasteiger partial charge is 0.395 e. The summed E-state index contributed by atoms with van der Waals surface area (Å²) in [5, 5.41) is 9.23. The lowest BCUT2D eigenvalue weighted by Gasteiger charge is -2.20. The Morgan fingerprint density at radius 2 is 2.11 bits per heavy atom. The van der Waals surface area contributed by atoms with Crippen LogP contribution in [0.1, 0.15) is 13.8 Å². The average molecular weight is 301 g/mol. The summed E-state index contributed by atoms with van der Waals surface area (Å²) in [5.41, 5.74) is 0.915. The molecular formula is C11H15N3O3S2. The van der Waals surface area contributed by atoms with E-state index in [1.54, 1.807) is 12.1 Å². The molecule has 1 unspecified atom stereocenters. The van der Waals surface area contributed by atoms with Gasteiger partial charge in [-0.3, -0.25) is 0 Å². The summed E-state index contributed by atoms with van der Waals surface area (Å²) in [6.45, 7) is 3.44. The molecule has 1 heterocycles. The Hall–Kier alpha value is -1.09. The third-order valence-electron chi connectivity index (χ3n) is 2.85. The van der Waals surface area contributed by atoms with Gasteiger partial charge in [0.15, 0.2) is 0 Å². The van der Waals surface area contributed by atoms with E-state index in [9.17, 15) is 13.5 Å². The van der Waals surface area contributed by atoms with E-state index in [0.29, 0.717) is 11.4 Å². The highest BCUT2D eigenvalue weighted by molar-refractivity contribution is 7.89. The molecule has 2 N–H and O–H groups in total. The Balaban J connectivity index is 2.36. The molecule has 0 radical (unpaired) electrons. The first kappa shape index (κ1) is 14.3. The van der Waals surface area contributed by atoms with E-state index in [1.165, 1.54) is 6.07 Å². The zero-order valence-electron chi connectivity index (χ0n) is 10.6. The second-order valence-corrected chi connectivity index (χ2v) is 6.75. The molecule has 0 amide bonds. The molecule has 0 aliphatic carbocycles. The summed E-state index contributed by atoms with van der Waals surface area (Å²) in [6, 6.07) is 4.30. The van der Waals surface area contributed by atoms with Gasteiger partial charge < -0.3 is 5.11 Å². The van der Waals surface area contributed by atoms with Gasteiger partial charge in [0.05, 0.1) is 18.0 Å². The molecule has 8 heteroatoms. The molecule has 0 spiro atoms. The fourth-order valence-corrected chi connectivity index (χ4v) is 3.79. The molecule has 1 aromatic rings. The van der Waals surface area contributed by atoms with Crippen molar-refractivity contribution < 1.29 is 13.5 Å². The Morgan fingerprint density at radius 3 is 2.74 bits per heavy atom. The maximum Gasteiger partial charge on any atom is 0.243 e. The van der Waals surface area contributed by atoms with E-state index >= 15 is 0 Å². The number of nitrogens with zero attached hydrogens (tertiary/aromatic N) is 2. The highest BCUT2D eigenvalue weighted by Crippen LogP contribution is 2.37. The van der Waals surface area contributed by atoms with E-state index in [0.717, 1.165) is 11.4 Å². The first-order chi connectivity index (χ1) is 8.95. The number of aliphatic hydroxyl groups excluding tert-OH is 1. The highest BCUT2D eigenvalue weighted by Gasteiger charge is 2.26. The third-order valence-corrected chi connectivity index (χ3v) is 4.91. The minimum Gasteiger partial charge on any atom is -0.395 e. The van der Waals surface area contributed by atoms with E-state index in [1.807, 2.05) is 13.8 Å². The van der Waals surface area contributed by atoms with Crippen molar-refractivity contribution in [2.45, 2.75) is 24.8 Å². The second kappa shape index (κ2) is 5.49. The Kier molecular flexibility index (Phi) is 4.14. The van der Waals surface area contributed by atoms with Crippen molar-refractivity contribution in [3.63, 3.8) is 0 Å². The summed E-state index contributed by atoms with van der Waals surface area (Å²) in [4.78, 5) is 0.0952. The molecule has 2 rings (SSSR count). The normalized spacial score (nSPS) is 15.4. The van der Waals surface area contributed by atoms with Crippen LogP contribution >= 0.6 is 0 Å². The number of hydrogen-bond acceptors (Lipinski definition) is 5. The summed E-state index contributed by atoms with van der Waals surface area (Å²) >= 11 is 0.972. The number of nitrogens with one attached hydrogen (secondary N) is 1. The minimum absolute atomic E-state index is 0.00691. The van der Waals surface area contributed by atoms with Gasteiger partial charge in [0.2, 0.25) is 10.0 Å². The van der Waals surface area contributed by atoms with Gasteiger partial charge in [-0.25, -0.2) is 13.1 Å². The summed E-state index contributed by atoms with van der Waals surface area (Å²) in [6.07, 6.45) is 0. The van der Waals surface area contributed by atoms with Crippen molar-refractivity contribution in [3.05, 3.63) is 18.2 Å². The number of benzene rings is 1. The van der Waals surface area contributed by atoms with Crippen molar-refractivity contribution in [3.8, 4) is 0 Å². The van der Waals surface area contributed by atoms with Gasteiger partial charge in [-0.2, -0.15) is 8.73 Å². The zero-order valence-corrected chi connectivity index (χ0v) is 12.2. The van der Waals surface area contributed by atoms with Crippen molar-refractivity contribution >= 4 is 32.8 Å². The number of fused-ring (bicyclic) bond motifs is 1. The lowest BCUT2D eigenvalue weighted by molar-refractivity contribution is 0.227. The molecule has 0 aromatic heterocycles. The zero-order chi connectivity index (χ0) is 14.0. The van der Waals surface area contributed by atoms with Gasteiger partial charge >= 0.3 is 0 Å². The standard InChI is InChI=1S/C11H15N3O3S2/c1-7(2)9(6-15)14-19(16,17)10-5-3-4-8-11(10)13-18-12-8/h3-5,7,9,14-15H,6H2,1-2H3.